The number of carbonyl (C=O) groups excluding carboxylic acids is 1. The zero-order valence-electron chi connectivity index (χ0n) is 13.8. The molecule has 4 nitrogen and oxygen atoms in total. The molecule has 0 saturated carbocycles. The monoisotopic (exact) mass is 312 g/mol. The lowest BCUT2D eigenvalue weighted by Crippen LogP contribution is -2.22. The Hall–Kier alpha value is -2.49. The first kappa shape index (κ1) is 15.4. The minimum atomic E-state index is -0.206. The molecule has 0 unspecified atom stereocenters. The molecule has 0 amide bonds. The van der Waals surface area contributed by atoms with Gasteiger partial charge in [-0.1, -0.05) is 12.1 Å². The third kappa shape index (κ3) is 2.77. The number of benzene rings is 2. The summed E-state index contributed by atoms with van der Waals surface area (Å²) in [6.45, 7) is 4.06. The van der Waals surface area contributed by atoms with E-state index in [0.29, 0.717) is 23.7 Å². The highest BCUT2D eigenvalue weighted by atomic mass is 16.5. The fourth-order valence-electron chi connectivity index (χ4n) is 3.26. The van der Waals surface area contributed by atoms with Gasteiger partial charge < -0.3 is 14.2 Å². The van der Waals surface area contributed by atoms with E-state index in [1.165, 1.54) is 0 Å². The van der Waals surface area contributed by atoms with Gasteiger partial charge in [0.05, 0.1) is 20.6 Å². The Balaban J connectivity index is 2.13. The second-order valence-electron chi connectivity index (χ2n) is 5.84. The topological polar surface area (TPSA) is 44.8 Å². The second-order valence-corrected chi connectivity index (χ2v) is 5.84. The zero-order valence-corrected chi connectivity index (χ0v) is 13.8. The van der Waals surface area contributed by atoms with E-state index >= 15 is 0 Å². The van der Waals surface area contributed by atoms with E-state index in [4.69, 9.17) is 14.2 Å². The van der Waals surface area contributed by atoms with Crippen LogP contribution in [0, 0.1) is 13.8 Å². The van der Waals surface area contributed by atoms with Crippen molar-refractivity contribution < 1.29 is 19.0 Å². The first-order valence-electron chi connectivity index (χ1n) is 7.57. The SMILES string of the molecule is COc1ccc([C@H]2CC(=O)Oc3cc(C)cc(C)c32)cc1OC. The number of aryl methyl sites for hydroxylation is 2. The molecular weight excluding hydrogens is 292 g/mol. The molecule has 0 radical (unpaired) electrons. The van der Waals surface area contributed by atoms with E-state index < -0.39 is 0 Å². The molecule has 0 spiro atoms. The second kappa shape index (κ2) is 5.95. The van der Waals surface area contributed by atoms with E-state index in [1.807, 2.05) is 31.2 Å². The Morgan fingerprint density at radius 3 is 2.48 bits per heavy atom. The number of fused-ring (bicyclic) bond motifs is 1. The Bertz CT molecular complexity index is 764. The van der Waals surface area contributed by atoms with Crippen molar-refractivity contribution in [2.24, 2.45) is 0 Å². The maximum absolute atomic E-state index is 12.0. The Kier molecular flexibility index (Phi) is 3.99. The van der Waals surface area contributed by atoms with Crippen LogP contribution in [0.4, 0.5) is 0 Å². The van der Waals surface area contributed by atoms with Gasteiger partial charge in [0.2, 0.25) is 0 Å². The van der Waals surface area contributed by atoms with Crippen molar-refractivity contribution in [3.8, 4) is 17.2 Å². The predicted molar refractivity (Wildman–Crippen MR) is 87.6 cm³/mol. The van der Waals surface area contributed by atoms with Crippen LogP contribution in [0.25, 0.3) is 0 Å². The van der Waals surface area contributed by atoms with Crippen LogP contribution >= 0.6 is 0 Å². The van der Waals surface area contributed by atoms with Gasteiger partial charge in [0.25, 0.3) is 0 Å². The molecule has 0 aromatic heterocycles. The van der Waals surface area contributed by atoms with Gasteiger partial charge in [-0.25, -0.2) is 0 Å². The summed E-state index contributed by atoms with van der Waals surface area (Å²) >= 11 is 0. The summed E-state index contributed by atoms with van der Waals surface area (Å²) in [5.41, 5.74) is 4.31. The van der Waals surface area contributed by atoms with Gasteiger partial charge in [-0.3, -0.25) is 4.79 Å². The quantitative estimate of drug-likeness (QED) is 0.639. The molecular formula is C19H20O4. The lowest BCUT2D eigenvalue weighted by Gasteiger charge is -2.27. The van der Waals surface area contributed by atoms with Gasteiger partial charge >= 0.3 is 5.97 Å². The van der Waals surface area contributed by atoms with Crippen molar-refractivity contribution in [3.63, 3.8) is 0 Å². The number of hydrogen-bond acceptors (Lipinski definition) is 4. The minimum Gasteiger partial charge on any atom is -0.493 e. The van der Waals surface area contributed by atoms with E-state index in [0.717, 1.165) is 22.3 Å². The van der Waals surface area contributed by atoms with E-state index in [2.05, 4.69) is 13.0 Å². The number of rotatable bonds is 3. The Labute approximate surface area is 136 Å². The summed E-state index contributed by atoms with van der Waals surface area (Å²) in [6, 6.07) is 9.83. The van der Waals surface area contributed by atoms with Crippen LogP contribution in [0.15, 0.2) is 30.3 Å². The van der Waals surface area contributed by atoms with E-state index in [-0.39, 0.29) is 11.9 Å². The minimum absolute atomic E-state index is 0.0355. The van der Waals surface area contributed by atoms with Crippen molar-refractivity contribution >= 4 is 5.97 Å². The Morgan fingerprint density at radius 1 is 1.04 bits per heavy atom. The first-order valence-corrected chi connectivity index (χ1v) is 7.57. The molecule has 23 heavy (non-hydrogen) atoms. The lowest BCUT2D eigenvalue weighted by atomic mass is 9.83. The summed E-state index contributed by atoms with van der Waals surface area (Å²) in [7, 11) is 3.22. The lowest BCUT2D eigenvalue weighted by molar-refractivity contribution is -0.135. The van der Waals surface area contributed by atoms with Crippen molar-refractivity contribution in [2.75, 3.05) is 14.2 Å². The molecule has 0 bridgehead atoms. The molecule has 0 N–H and O–H groups in total. The standard InChI is InChI=1S/C19H20O4/c1-11-7-12(2)19-14(10-18(20)23-17(19)8-11)13-5-6-15(21-3)16(9-13)22-4/h5-9,14H,10H2,1-4H3/t14-/m1/s1. The van der Waals surface area contributed by atoms with Crippen LogP contribution in [0.1, 0.15) is 34.6 Å². The largest absolute Gasteiger partial charge is 0.493 e. The maximum atomic E-state index is 12.0. The predicted octanol–water partition coefficient (Wildman–Crippen LogP) is 3.76. The molecule has 1 aliphatic heterocycles. The molecule has 4 heteroatoms. The summed E-state index contributed by atoms with van der Waals surface area (Å²) in [5.74, 6) is 1.76. The number of ether oxygens (including phenoxy) is 3. The molecule has 1 aliphatic rings. The van der Waals surface area contributed by atoms with E-state index in [1.54, 1.807) is 14.2 Å². The van der Waals surface area contributed by atoms with Gasteiger partial charge in [-0.2, -0.15) is 0 Å². The maximum Gasteiger partial charge on any atom is 0.312 e. The number of esters is 1. The number of hydrogen-bond donors (Lipinski definition) is 0. The van der Waals surface area contributed by atoms with Gasteiger partial charge in [-0.15, -0.1) is 0 Å². The fourth-order valence-corrected chi connectivity index (χ4v) is 3.26. The molecule has 120 valence electrons. The highest BCUT2D eigenvalue weighted by Gasteiger charge is 2.30. The van der Waals surface area contributed by atoms with Crippen LogP contribution in [-0.2, 0) is 4.79 Å². The summed E-state index contributed by atoms with van der Waals surface area (Å²) in [4.78, 5) is 12.0. The third-order valence-corrected chi connectivity index (χ3v) is 4.25. The van der Waals surface area contributed by atoms with Crippen LogP contribution in [0.3, 0.4) is 0 Å². The normalized spacial score (nSPS) is 16.5. The fraction of sp³-hybridized carbons (Fsp3) is 0.316. The summed E-state index contributed by atoms with van der Waals surface area (Å²) in [6.07, 6.45) is 0.326. The molecule has 2 aromatic carbocycles. The molecule has 0 fully saturated rings. The summed E-state index contributed by atoms with van der Waals surface area (Å²) in [5, 5.41) is 0. The van der Waals surface area contributed by atoms with E-state index in [9.17, 15) is 4.79 Å². The van der Waals surface area contributed by atoms with Crippen molar-refractivity contribution in [3.05, 3.63) is 52.6 Å². The van der Waals surface area contributed by atoms with Crippen molar-refractivity contribution in [1.29, 1.82) is 0 Å². The molecule has 1 atom stereocenters. The zero-order chi connectivity index (χ0) is 16.6. The molecule has 0 aliphatic carbocycles. The van der Waals surface area contributed by atoms with Crippen LogP contribution < -0.4 is 14.2 Å². The van der Waals surface area contributed by atoms with Crippen LogP contribution in [0.2, 0.25) is 0 Å². The molecule has 2 aromatic rings. The highest BCUT2D eigenvalue weighted by Crippen LogP contribution is 2.43. The van der Waals surface area contributed by atoms with Crippen molar-refractivity contribution in [1.82, 2.24) is 0 Å². The van der Waals surface area contributed by atoms with Gasteiger partial charge in [-0.05, 0) is 48.7 Å². The van der Waals surface area contributed by atoms with Crippen molar-refractivity contribution in [2.45, 2.75) is 26.2 Å². The Morgan fingerprint density at radius 2 is 1.78 bits per heavy atom. The third-order valence-electron chi connectivity index (χ3n) is 4.25. The average molecular weight is 312 g/mol. The smallest absolute Gasteiger partial charge is 0.312 e. The molecule has 3 rings (SSSR count). The average Bonchev–Trinajstić information content (AvgIpc) is 2.52. The summed E-state index contributed by atoms with van der Waals surface area (Å²) < 4.78 is 16.1. The van der Waals surface area contributed by atoms with Crippen LogP contribution in [0.5, 0.6) is 17.2 Å². The highest BCUT2D eigenvalue weighted by molar-refractivity contribution is 5.78. The van der Waals surface area contributed by atoms with Gasteiger partial charge in [0.15, 0.2) is 11.5 Å². The first-order chi connectivity index (χ1) is 11.0. The molecule has 1 heterocycles. The van der Waals surface area contributed by atoms with Gasteiger partial charge in [0, 0.05) is 11.5 Å². The molecule has 0 saturated heterocycles. The van der Waals surface area contributed by atoms with Crippen LogP contribution in [-0.4, -0.2) is 20.2 Å². The number of methoxy groups -OCH3 is 2. The van der Waals surface area contributed by atoms with Gasteiger partial charge in [0.1, 0.15) is 5.75 Å². The number of carbonyl (C=O) groups is 1.